The van der Waals surface area contributed by atoms with Crippen molar-refractivity contribution < 1.29 is 28.7 Å². The molecule has 1 aliphatic rings. The second kappa shape index (κ2) is 7.51. The Morgan fingerprint density at radius 1 is 1.12 bits per heavy atom. The van der Waals surface area contributed by atoms with Gasteiger partial charge in [-0.3, -0.25) is 14.9 Å². The van der Waals surface area contributed by atoms with Crippen LogP contribution < -0.4 is 14.8 Å². The number of carbonyl (C=O) groups is 2. The number of fused-ring (bicyclic) bond motifs is 1. The Hall–Kier alpha value is -3.62. The van der Waals surface area contributed by atoms with Gasteiger partial charge in [0, 0.05) is 11.8 Å². The number of rotatable bonds is 5. The van der Waals surface area contributed by atoms with Crippen LogP contribution in [0.25, 0.3) is 0 Å². The van der Waals surface area contributed by atoms with Crippen molar-refractivity contribution in [1.82, 2.24) is 0 Å². The van der Waals surface area contributed by atoms with Crippen molar-refractivity contribution in [3.63, 3.8) is 0 Å². The summed E-state index contributed by atoms with van der Waals surface area (Å²) < 4.78 is 15.5. The van der Waals surface area contributed by atoms with Gasteiger partial charge in [0.05, 0.1) is 11.0 Å². The number of benzene rings is 2. The van der Waals surface area contributed by atoms with Gasteiger partial charge in [-0.1, -0.05) is 18.2 Å². The number of carbonyl (C=O) groups excluding carboxylic acids is 2. The zero-order valence-electron chi connectivity index (χ0n) is 13.5. The lowest BCUT2D eigenvalue weighted by molar-refractivity contribution is -0.385. The Labute approximate surface area is 147 Å². The molecule has 0 bridgehead atoms. The van der Waals surface area contributed by atoms with Gasteiger partial charge in [0.2, 0.25) is 0 Å². The molecule has 2 aromatic carbocycles. The molecule has 0 aromatic heterocycles. The number of anilines is 1. The third-order valence-corrected chi connectivity index (χ3v) is 3.47. The second-order valence-electron chi connectivity index (χ2n) is 5.26. The van der Waals surface area contributed by atoms with E-state index in [4.69, 9.17) is 14.2 Å². The fraction of sp³-hybridized carbons (Fsp3) is 0.176. The molecule has 1 heterocycles. The lowest BCUT2D eigenvalue weighted by atomic mass is 10.1. The molecule has 9 nitrogen and oxygen atoms in total. The molecule has 0 aliphatic carbocycles. The molecular weight excluding hydrogens is 344 g/mol. The molecule has 0 saturated heterocycles. The summed E-state index contributed by atoms with van der Waals surface area (Å²) in [6, 6.07) is 10.9. The molecule has 26 heavy (non-hydrogen) atoms. The highest BCUT2D eigenvalue weighted by Gasteiger charge is 2.27. The van der Waals surface area contributed by atoms with Gasteiger partial charge in [0.25, 0.3) is 11.6 Å². The zero-order chi connectivity index (χ0) is 18.5. The van der Waals surface area contributed by atoms with Crippen LogP contribution in [-0.4, -0.2) is 36.6 Å². The summed E-state index contributed by atoms with van der Waals surface area (Å²) in [5, 5.41) is 13.8. The second-order valence-corrected chi connectivity index (χ2v) is 5.26. The van der Waals surface area contributed by atoms with Crippen molar-refractivity contribution in [3.05, 3.63) is 58.1 Å². The first-order valence-electron chi connectivity index (χ1n) is 7.64. The summed E-state index contributed by atoms with van der Waals surface area (Å²) >= 11 is 0. The first kappa shape index (κ1) is 17.2. The van der Waals surface area contributed by atoms with E-state index in [2.05, 4.69) is 5.32 Å². The van der Waals surface area contributed by atoms with Crippen LogP contribution in [0.3, 0.4) is 0 Å². The maximum atomic E-state index is 12.2. The van der Waals surface area contributed by atoms with Crippen LogP contribution in [0.5, 0.6) is 11.5 Å². The molecule has 9 heteroatoms. The molecule has 0 radical (unpaired) electrons. The number of nitro groups is 1. The number of para-hydroxylation sites is 1. The lowest BCUT2D eigenvalue weighted by Gasteiger charge is -2.18. The maximum absolute atomic E-state index is 12.2. The van der Waals surface area contributed by atoms with Crippen LogP contribution in [0.1, 0.15) is 10.4 Å². The van der Waals surface area contributed by atoms with Crippen LogP contribution in [0.15, 0.2) is 42.5 Å². The summed E-state index contributed by atoms with van der Waals surface area (Å²) in [5.41, 5.74) is -0.256. The van der Waals surface area contributed by atoms with E-state index in [1.165, 1.54) is 6.07 Å². The fourth-order valence-electron chi connectivity index (χ4n) is 2.32. The van der Waals surface area contributed by atoms with Gasteiger partial charge in [-0.25, -0.2) is 4.79 Å². The van der Waals surface area contributed by atoms with Gasteiger partial charge in [0.1, 0.15) is 18.8 Å². The Morgan fingerprint density at radius 2 is 1.77 bits per heavy atom. The third kappa shape index (κ3) is 3.89. The Kier molecular flexibility index (Phi) is 4.97. The molecule has 0 unspecified atom stereocenters. The summed E-state index contributed by atoms with van der Waals surface area (Å²) in [6.45, 7) is -0.0638. The van der Waals surface area contributed by atoms with Crippen molar-refractivity contribution in [1.29, 1.82) is 0 Å². The van der Waals surface area contributed by atoms with E-state index in [0.29, 0.717) is 5.69 Å². The van der Waals surface area contributed by atoms with E-state index >= 15 is 0 Å². The average Bonchev–Trinajstić information content (AvgIpc) is 2.65. The standard InChI is InChI=1S/C17H14N2O7/c20-16(18-11-4-2-1-3-5-11)10-26-17(21)12-8-14-15(25-7-6-24-14)9-13(12)19(22)23/h1-5,8-9H,6-7,10H2,(H,18,20). The van der Waals surface area contributed by atoms with Crippen molar-refractivity contribution in [2.24, 2.45) is 0 Å². The van der Waals surface area contributed by atoms with Gasteiger partial charge < -0.3 is 19.5 Å². The number of esters is 1. The van der Waals surface area contributed by atoms with Crippen LogP contribution in [-0.2, 0) is 9.53 Å². The molecular formula is C17H14N2O7. The van der Waals surface area contributed by atoms with Gasteiger partial charge in [-0.15, -0.1) is 0 Å². The minimum atomic E-state index is -1.00. The smallest absolute Gasteiger partial charge is 0.345 e. The number of amides is 1. The van der Waals surface area contributed by atoms with Crippen LogP contribution >= 0.6 is 0 Å². The summed E-state index contributed by atoms with van der Waals surface area (Å²) in [6.07, 6.45) is 0. The van der Waals surface area contributed by atoms with E-state index in [1.54, 1.807) is 30.3 Å². The summed E-state index contributed by atoms with van der Waals surface area (Å²) in [7, 11) is 0. The highest BCUT2D eigenvalue weighted by Crippen LogP contribution is 2.36. The number of nitrogens with zero attached hydrogens (tertiary/aromatic N) is 1. The Bertz CT molecular complexity index is 852. The van der Waals surface area contributed by atoms with Crippen molar-refractivity contribution >= 4 is 23.3 Å². The maximum Gasteiger partial charge on any atom is 0.345 e. The van der Waals surface area contributed by atoms with Crippen molar-refractivity contribution in [2.75, 3.05) is 25.1 Å². The monoisotopic (exact) mass is 358 g/mol. The van der Waals surface area contributed by atoms with E-state index < -0.39 is 29.1 Å². The molecule has 1 N–H and O–H groups in total. The fourth-order valence-corrected chi connectivity index (χ4v) is 2.32. The SMILES string of the molecule is O=C(COC(=O)c1cc2c(cc1[N+](=O)[O-])OCCO2)Nc1ccccc1. The summed E-state index contributed by atoms with van der Waals surface area (Å²) in [5.74, 6) is -1.18. The predicted molar refractivity (Wildman–Crippen MR) is 89.4 cm³/mol. The molecule has 134 valence electrons. The first-order chi connectivity index (χ1) is 12.5. The first-order valence-corrected chi connectivity index (χ1v) is 7.64. The highest BCUT2D eigenvalue weighted by molar-refractivity contribution is 5.98. The minimum Gasteiger partial charge on any atom is -0.486 e. The van der Waals surface area contributed by atoms with E-state index in [9.17, 15) is 19.7 Å². The molecule has 1 aliphatic heterocycles. The Balaban J connectivity index is 1.71. The van der Waals surface area contributed by atoms with Gasteiger partial charge >= 0.3 is 5.97 Å². The van der Waals surface area contributed by atoms with Crippen LogP contribution in [0.2, 0.25) is 0 Å². The van der Waals surface area contributed by atoms with E-state index in [1.807, 2.05) is 0 Å². The third-order valence-electron chi connectivity index (χ3n) is 3.47. The number of hydrogen-bond acceptors (Lipinski definition) is 7. The van der Waals surface area contributed by atoms with Crippen LogP contribution in [0, 0.1) is 10.1 Å². The summed E-state index contributed by atoms with van der Waals surface area (Å²) in [4.78, 5) is 34.5. The van der Waals surface area contributed by atoms with Crippen molar-refractivity contribution in [2.45, 2.75) is 0 Å². The van der Waals surface area contributed by atoms with Crippen molar-refractivity contribution in [3.8, 4) is 11.5 Å². The quantitative estimate of drug-likeness (QED) is 0.494. The minimum absolute atomic E-state index is 0.182. The normalized spacial score (nSPS) is 12.2. The molecule has 0 fully saturated rings. The predicted octanol–water partition coefficient (Wildman–Crippen LogP) is 2.16. The van der Waals surface area contributed by atoms with Gasteiger partial charge in [-0.05, 0) is 12.1 Å². The van der Waals surface area contributed by atoms with Crippen LogP contribution in [0.4, 0.5) is 11.4 Å². The van der Waals surface area contributed by atoms with E-state index in [-0.39, 0.29) is 30.3 Å². The number of nitrogens with one attached hydrogen (secondary N) is 1. The topological polar surface area (TPSA) is 117 Å². The molecule has 0 saturated carbocycles. The number of hydrogen-bond donors (Lipinski definition) is 1. The van der Waals surface area contributed by atoms with Gasteiger partial charge in [0.15, 0.2) is 18.1 Å². The molecule has 2 aromatic rings. The average molecular weight is 358 g/mol. The lowest BCUT2D eigenvalue weighted by Crippen LogP contribution is -2.22. The number of ether oxygens (including phenoxy) is 3. The highest BCUT2D eigenvalue weighted by atomic mass is 16.6. The van der Waals surface area contributed by atoms with Gasteiger partial charge in [-0.2, -0.15) is 0 Å². The number of nitro benzene ring substituents is 1. The molecule has 1 amide bonds. The molecule has 0 atom stereocenters. The zero-order valence-corrected chi connectivity index (χ0v) is 13.5. The molecule has 3 rings (SSSR count). The Morgan fingerprint density at radius 3 is 2.42 bits per heavy atom. The largest absolute Gasteiger partial charge is 0.486 e. The molecule has 0 spiro atoms. The van der Waals surface area contributed by atoms with E-state index in [0.717, 1.165) is 6.07 Å².